The average Bonchev–Trinajstić information content (AvgIpc) is 2.97. The van der Waals surface area contributed by atoms with E-state index >= 15 is 0 Å². The van der Waals surface area contributed by atoms with Gasteiger partial charge in [0.1, 0.15) is 5.75 Å². The van der Waals surface area contributed by atoms with E-state index in [1.165, 1.54) is 0 Å². The van der Waals surface area contributed by atoms with Gasteiger partial charge in [-0.05, 0) is 24.6 Å². The smallest absolute Gasteiger partial charge is 0.326 e. The standard InChI is InChI=1S/C21H19NO4/c1-3-25-20(23)19-18(14-9-5-7-11-17(14)26-21(19)24)15-12-22(2)16-10-6-4-8-13(15)16/h4-12,18-19H,3H2,1-2H3/t18-,19+/m1/s1. The van der Waals surface area contributed by atoms with Crippen LogP contribution in [0.3, 0.4) is 0 Å². The molecule has 26 heavy (non-hydrogen) atoms. The Balaban J connectivity index is 1.96. The van der Waals surface area contributed by atoms with E-state index < -0.39 is 23.8 Å². The molecule has 5 nitrogen and oxygen atoms in total. The average molecular weight is 349 g/mol. The van der Waals surface area contributed by atoms with Crippen molar-refractivity contribution in [2.24, 2.45) is 13.0 Å². The Hall–Kier alpha value is -3.08. The Morgan fingerprint density at radius 3 is 2.65 bits per heavy atom. The number of nitrogens with zero attached hydrogens (tertiary/aromatic N) is 1. The predicted octanol–water partition coefficient (Wildman–Crippen LogP) is 3.41. The fourth-order valence-electron chi connectivity index (χ4n) is 3.75. The highest BCUT2D eigenvalue weighted by Crippen LogP contribution is 2.44. The Morgan fingerprint density at radius 2 is 1.85 bits per heavy atom. The minimum Gasteiger partial charge on any atom is -0.465 e. The lowest BCUT2D eigenvalue weighted by Gasteiger charge is -2.30. The number of hydrogen-bond acceptors (Lipinski definition) is 4. The summed E-state index contributed by atoms with van der Waals surface area (Å²) >= 11 is 0. The van der Waals surface area contributed by atoms with Crippen molar-refractivity contribution < 1.29 is 19.1 Å². The summed E-state index contributed by atoms with van der Waals surface area (Å²) in [6, 6.07) is 15.3. The van der Waals surface area contributed by atoms with Gasteiger partial charge < -0.3 is 14.0 Å². The lowest BCUT2D eigenvalue weighted by Crippen LogP contribution is -2.38. The first-order valence-electron chi connectivity index (χ1n) is 8.63. The number of ether oxygens (including phenoxy) is 2. The van der Waals surface area contributed by atoms with Crippen molar-refractivity contribution in [2.45, 2.75) is 12.8 Å². The summed E-state index contributed by atoms with van der Waals surface area (Å²) in [5, 5.41) is 1.01. The molecule has 0 aliphatic carbocycles. The van der Waals surface area contributed by atoms with E-state index in [1.54, 1.807) is 13.0 Å². The monoisotopic (exact) mass is 349 g/mol. The molecule has 0 amide bonds. The Kier molecular flexibility index (Phi) is 3.99. The largest absolute Gasteiger partial charge is 0.465 e. The molecule has 0 bridgehead atoms. The molecule has 1 aliphatic heterocycles. The fraction of sp³-hybridized carbons (Fsp3) is 0.238. The SMILES string of the molecule is CCOC(=O)[C@H]1C(=O)Oc2ccccc2[C@@H]1c1cn(C)c2ccccc12. The number of carbonyl (C=O) groups excluding carboxylic acids is 2. The molecule has 0 unspecified atom stereocenters. The van der Waals surface area contributed by atoms with Crippen LogP contribution in [0.1, 0.15) is 24.0 Å². The molecular weight excluding hydrogens is 330 g/mol. The molecule has 2 heterocycles. The lowest BCUT2D eigenvalue weighted by molar-refractivity contribution is -0.158. The van der Waals surface area contributed by atoms with Gasteiger partial charge in [-0.3, -0.25) is 9.59 Å². The van der Waals surface area contributed by atoms with Gasteiger partial charge in [0.25, 0.3) is 0 Å². The zero-order valence-electron chi connectivity index (χ0n) is 14.6. The van der Waals surface area contributed by atoms with Crippen LogP contribution < -0.4 is 4.74 Å². The van der Waals surface area contributed by atoms with E-state index in [4.69, 9.17) is 9.47 Å². The number of rotatable bonds is 3. The van der Waals surface area contributed by atoms with Gasteiger partial charge in [0, 0.05) is 35.6 Å². The van der Waals surface area contributed by atoms with E-state index in [9.17, 15) is 9.59 Å². The quantitative estimate of drug-likeness (QED) is 0.413. The maximum absolute atomic E-state index is 12.7. The van der Waals surface area contributed by atoms with Crippen LogP contribution in [0.4, 0.5) is 0 Å². The van der Waals surface area contributed by atoms with E-state index in [0.29, 0.717) is 5.75 Å². The summed E-state index contributed by atoms with van der Waals surface area (Å²) in [6.45, 7) is 1.94. The molecule has 0 saturated heterocycles. The van der Waals surface area contributed by atoms with Gasteiger partial charge in [0.05, 0.1) is 6.61 Å². The van der Waals surface area contributed by atoms with Gasteiger partial charge >= 0.3 is 11.9 Å². The molecule has 132 valence electrons. The first-order chi connectivity index (χ1) is 12.6. The van der Waals surface area contributed by atoms with Crippen LogP contribution in [-0.2, 0) is 21.4 Å². The third-order valence-corrected chi connectivity index (χ3v) is 4.86. The molecule has 0 N–H and O–H groups in total. The second-order valence-corrected chi connectivity index (χ2v) is 6.38. The van der Waals surface area contributed by atoms with Crippen LogP contribution in [0.25, 0.3) is 10.9 Å². The number of esters is 2. The van der Waals surface area contributed by atoms with Crippen LogP contribution in [0.2, 0.25) is 0 Å². The summed E-state index contributed by atoms with van der Waals surface area (Å²) in [5.74, 6) is -2.09. The normalized spacial score (nSPS) is 19.1. The van der Waals surface area contributed by atoms with Crippen LogP contribution in [0.15, 0.2) is 54.7 Å². The van der Waals surface area contributed by atoms with E-state index in [0.717, 1.165) is 22.0 Å². The molecule has 1 aromatic heterocycles. The van der Waals surface area contributed by atoms with Gasteiger partial charge in [-0.15, -0.1) is 0 Å². The number of hydrogen-bond donors (Lipinski definition) is 0. The van der Waals surface area contributed by atoms with Crippen LogP contribution in [0, 0.1) is 5.92 Å². The van der Waals surface area contributed by atoms with E-state index in [1.807, 2.05) is 60.3 Å². The van der Waals surface area contributed by atoms with Crippen molar-refractivity contribution in [2.75, 3.05) is 6.61 Å². The van der Waals surface area contributed by atoms with Crippen molar-refractivity contribution in [3.05, 3.63) is 65.9 Å². The van der Waals surface area contributed by atoms with Gasteiger partial charge in [-0.2, -0.15) is 0 Å². The van der Waals surface area contributed by atoms with Gasteiger partial charge in [-0.1, -0.05) is 36.4 Å². The minimum atomic E-state index is -1.02. The number of benzene rings is 2. The molecule has 2 atom stereocenters. The summed E-state index contributed by atoms with van der Waals surface area (Å²) < 4.78 is 12.6. The maximum atomic E-state index is 12.7. The number of carbonyl (C=O) groups is 2. The highest BCUT2D eigenvalue weighted by atomic mass is 16.6. The highest BCUT2D eigenvalue weighted by Gasteiger charge is 2.45. The summed E-state index contributed by atoms with van der Waals surface area (Å²) in [5.41, 5.74) is 2.79. The molecule has 5 heteroatoms. The maximum Gasteiger partial charge on any atom is 0.326 e. The van der Waals surface area contributed by atoms with Gasteiger partial charge in [0.2, 0.25) is 0 Å². The van der Waals surface area contributed by atoms with Crippen molar-refractivity contribution in [1.82, 2.24) is 4.57 Å². The zero-order valence-corrected chi connectivity index (χ0v) is 14.6. The molecule has 1 aliphatic rings. The Morgan fingerprint density at radius 1 is 1.12 bits per heavy atom. The van der Waals surface area contributed by atoms with Crippen LogP contribution >= 0.6 is 0 Å². The number of para-hydroxylation sites is 2. The first-order valence-corrected chi connectivity index (χ1v) is 8.63. The third kappa shape index (κ3) is 2.47. The van der Waals surface area contributed by atoms with Gasteiger partial charge in [0.15, 0.2) is 5.92 Å². The zero-order chi connectivity index (χ0) is 18.3. The second kappa shape index (κ2) is 6.33. The van der Waals surface area contributed by atoms with Crippen molar-refractivity contribution in [1.29, 1.82) is 0 Å². The molecule has 2 aromatic carbocycles. The summed E-state index contributed by atoms with van der Waals surface area (Å²) in [4.78, 5) is 25.3. The molecule has 0 fully saturated rings. The highest BCUT2D eigenvalue weighted by molar-refractivity contribution is 6.00. The van der Waals surface area contributed by atoms with Crippen molar-refractivity contribution in [3.8, 4) is 5.75 Å². The van der Waals surface area contributed by atoms with Crippen molar-refractivity contribution in [3.63, 3.8) is 0 Å². The molecule has 0 spiro atoms. The van der Waals surface area contributed by atoms with Gasteiger partial charge in [-0.25, -0.2) is 0 Å². The Bertz CT molecular complexity index is 1000. The van der Waals surface area contributed by atoms with Crippen LogP contribution in [-0.4, -0.2) is 23.1 Å². The molecule has 0 radical (unpaired) electrons. The van der Waals surface area contributed by atoms with Crippen molar-refractivity contribution >= 4 is 22.8 Å². The Labute approximate surface area is 151 Å². The predicted molar refractivity (Wildman–Crippen MR) is 97.0 cm³/mol. The summed E-state index contributed by atoms with van der Waals surface area (Å²) in [7, 11) is 1.96. The third-order valence-electron chi connectivity index (χ3n) is 4.86. The second-order valence-electron chi connectivity index (χ2n) is 6.38. The molecule has 0 saturated carbocycles. The van der Waals surface area contributed by atoms with E-state index in [2.05, 4.69) is 0 Å². The first kappa shape index (κ1) is 16.4. The molecular formula is C21H19NO4. The minimum absolute atomic E-state index is 0.215. The number of aryl methyl sites for hydroxylation is 1. The molecule has 4 rings (SSSR count). The van der Waals surface area contributed by atoms with E-state index in [-0.39, 0.29) is 6.61 Å². The molecule has 3 aromatic rings. The topological polar surface area (TPSA) is 57.5 Å². The fourth-order valence-corrected chi connectivity index (χ4v) is 3.75. The number of fused-ring (bicyclic) bond motifs is 2. The number of aromatic nitrogens is 1. The van der Waals surface area contributed by atoms with Crippen LogP contribution in [0.5, 0.6) is 5.75 Å². The lowest BCUT2D eigenvalue weighted by atomic mass is 9.78. The summed E-state index contributed by atoms with van der Waals surface area (Å²) in [6.07, 6.45) is 1.98.